The van der Waals surface area contributed by atoms with Gasteiger partial charge in [0.2, 0.25) is 5.95 Å². The molecule has 0 aliphatic heterocycles. The second-order valence-electron chi connectivity index (χ2n) is 7.32. The van der Waals surface area contributed by atoms with E-state index in [9.17, 15) is 0 Å². The number of nitrogens with one attached hydrogen (secondary N) is 1. The maximum absolute atomic E-state index is 4.98. The van der Waals surface area contributed by atoms with Crippen LogP contribution < -0.4 is 5.32 Å². The fourth-order valence-electron chi connectivity index (χ4n) is 4.43. The van der Waals surface area contributed by atoms with E-state index in [0.29, 0.717) is 12.0 Å². The molecule has 0 saturated heterocycles. The fraction of sp³-hybridized carbons (Fsp3) is 0.611. The molecule has 2 aliphatic carbocycles. The van der Waals surface area contributed by atoms with E-state index in [1.165, 1.54) is 67.2 Å². The Morgan fingerprint density at radius 2 is 2.04 bits per heavy atom. The van der Waals surface area contributed by atoms with E-state index in [0.717, 1.165) is 16.4 Å². The zero-order valence-corrected chi connectivity index (χ0v) is 14.9. The number of rotatable bonds is 2. The summed E-state index contributed by atoms with van der Waals surface area (Å²) in [5, 5.41) is 9.37. The van der Waals surface area contributed by atoms with E-state index in [1.54, 1.807) is 6.33 Å². The van der Waals surface area contributed by atoms with Gasteiger partial charge in [0.05, 0.1) is 5.39 Å². The molecule has 24 heavy (non-hydrogen) atoms. The number of hydrogen-bond donors (Lipinski definition) is 1. The molecular formula is C18H23N5S. The number of thiophene rings is 1. The molecule has 126 valence electrons. The number of nitrogens with zero attached hydrogens (tertiary/aromatic N) is 4. The summed E-state index contributed by atoms with van der Waals surface area (Å²) >= 11 is 1.87. The SMILES string of the molecule is C[C@H]1CCCc2sc3nc(NC4CCCCC4)n4ncnc4c3c21. The van der Waals surface area contributed by atoms with Crippen LogP contribution in [0.25, 0.3) is 15.9 Å². The van der Waals surface area contributed by atoms with Gasteiger partial charge in [-0.05, 0) is 43.6 Å². The van der Waals surface area contributed by atoms with Crippen molar-refractivity contribution in [2.75, 3.05) is 5.32 Å². The Kier molecular flexibility index (Phi) is 3.47. The van der Waals surface area contributed by atoms with Crippen molar-refractivity contribution in [1.29, 1.82) is 0 Å². The molecule has 0 bridgehead atoms. The van der Waals surface area contributed by atoms with Gasteiger partial charge in [-0.25, -0.2) is 9.97 Å². The lowest BCUT2D eigenvalue weighted by Gasteiger charge is -2.23. The first-order chi connectivity index (χ1) is 11.8. The Hall–Kier alpha value is -1.69. The van der Waals surface area contributed by atoms with Crippen LogP contribution in [0.4, 0.5) is 5.95 Å². The van der Waals surface area contributed by atoms with Crippen molar-refractivity contribution in [1.82, 2.24) is 19.6 Å². The Labute approximate surface area is 145 Å². The standard InChI is InChI=1S/C18H23N5S/c1-11-6-5-9-13-14(11)15-16-19-10-20-23(16)18(22-17(15)24-13)21-12-7-3-2-4-8-12/h10-12H,2-9H2,1H3,(H,21,22)/t11-/m0/s1. The minimum atomic E-state index is 0.518. The zero-order valence-electron chi connectivity index (χ0n) is 14.1. The van der Waals surface area contributed by atoms with Crippen molar-refractivity contribution in [2.45, 2.75) is 70.3 Å². The predicted octanol–water partition coefficient (Wildman–Crippen LogP) is 4.52. The summed E-state index contributed by atoms with van der Waals surface area (Å²) in [6, 6.07) is 0.518. The summed E-state index contributed by atoms with van der Waals surface area (Å²) in [5.74, 6) is 1.47. The van der Waals surface area contributed by atoms with Crippen LogP contribution in [0.15, 0.2) is 6.33 Å². The van der Waals surface area contributed by atoms with Crippen LogP contribution in [-0.4, -0.2) is 25.6 Å². The molecule has 1 N–H and O–H groups in total. The third-order valence-corrected chi connectivity index (χ3v) is 6.81. The van der Waals surface area contributed by atoms with Gasteiger partial charge < -0.3 is 5.32 Å². The minimum Gasteiger partial charge on any atom is -0.351 e. The molecule has 0 amide bonds. The van der Waals surface area contributed by atoms with Gasteiger partial charge in [0.25, 0.3) is 0 Å². The lowest BCUT2D eigenvalue weighted by molar-refractivity contribution is 0.460. The van der Waals surface area contributed by atoms with Crippen molar-refractivity contribution < 1.29 is 0 Å². The first-order valence-corrected chi connectivity index (χ1v) is 10.0. The third-order valence-electron chi connectivity index (χ3n) is 5.66. The van der Waals surface area contributed by atoms with Crippen molar-refractivity contribution in [3.05, 3.63) is 16.8 Å². The molecular weight excluding hydrogens is 318 g/mol. The highest BCUT2D eigenvalue weighted by Crippen LogP contribution is 2.43. The summed E-state index contributed by atoms with van der Waals surface area (Å²) in [4.78, 5) is 12.2. The lowest BCUT2D eigenvalue weighted by atomic mass is 9.87. The molecule has 0 radical (unpaired) electrons. The monoisotopic (exact) mass is 341 g/mol. The van der Waals surface area contributed by atoms with Crippen LogP contribution in [0.1, 0.15) is 68.2 Å². The summed E-state index contributed by atoms with van der Waals surface area (Å²) < 4.78 is 1.92. The van der Waals surface area contributed by atoms with E-state index in [4.69, 9.17) is 4.98 Å². The van der Waals surface area contributed by atoms with Crippen LogP contribution in [0, 0.1) is 0 Å². The Bertz CT molecular complexity index is 890. The van der Waals surface area contributed by atoms with Crippen LogP contribution in [0.3, 0.4) is 0 Å². The number of fused-ring (bicyclic) bond motifs is 5. The summed E-state index contributed by atoms with van der Waals surface area (Å²) in [5.41, 5.74) is 2.46. The summed E-state index contributed by atoms with van der Waals surface area (Å²) in [6.07, 6.45) is 11.8. The van der Waals surface area contributed by atoms with Gasteiger partial charge in [0, 0.05) is 10.9 Å². The van der Waals surface area contributed by atoms with Crippen molar-refractivity contribution in [3.8, 4) is 0 Å². The van der Waals surface area contributed by atoms with Gasteiger partial charge in [-0.15, -0.1) is 11.3 Å². The Balaban J connectivity index is 1.67. The summed E-state index contributed by atoms with van der Waals surface area (Å²) in [6.45, 7) is 2.34. The molecule has 1 atom stereocenters. The molecule has 0 aromatic carbocycles. The molecule has 5 rings (SSSR count). The molecule has 0 unspecified atom stereocenters. The number of anilines is 1. The normalized spacial score (nSPS) is 22.1. The van der Waals surface area contributed by atoms with Gasteiger partial charge in [-0.3, -0.25) is 0 Å². The number of hydrogen-bond acceptors (Lipinski definition) is 5. The highest BCUT2D eigenvalue weighted by Gasteiger charge is 2.26. The van der Waals surface area contributed by atoms with Gasteiger partial charge in [-0.1, -0.05) is 26.2 Å². The molecule has 2 aliphatic rings. The maximum Gasteiger partial charge on any atom is 0.227 e. The maximum atomic E-state index is 4.98. The van der Waals surface area contributed by atoms with Crippen molar-refractivity contribution in [3.63, 3.8) is 0 Å². The average molecular weight is 341 g/mol. The Morgan fingerprint density at radius 3 is 2.92 bits per heavy atom. The van der Waals surface area contributed by atoms with E-state index >= 15 is 0 Å². The third kappa shape index (κ3) is 2.23. The molecule has 0 spiro atoms. The second-order valence-corrected chi connectivity index (χ2v) is 8.41. The number of aryl methyl sites for hydroxylation is 1. The molecule has 3 aromatic heterocycles. The van der Waals surface area contributed by atoms with E-state index in [-0.39, 0.29) is 0 Å². The van der Waals surface area contributed by atoms with Crippen molar-refractivity contribution in [2.24, 2.45) is 0 Å². The molecule has 5 nitrogen and oxygen atoms in total. The van der Waals surface area contributed by atoms with Crippen molar-refractivity contribution >= 4 is 33.1 Å². The quantitative estimate of drug-likeness (QED) is 0.744. The van der Waals surface area contributed by atoms with E-state index in [2.05, 4.69) is 22.3 Å². The molecule has 1 saturated carbocycles. The van der Waals surface area contributed by atoms with Gasteiger partial charge in [-0.2, -0.15) is 9.61 Å². The van der Waals surface area contributed by atoms with Crippen LogP contribution in [0.2, 0.25) is 0 Å². The van der Waals surface area contributed by atoms with Gasteiger partial charge in [0.15, 0.2) is 5.65 Å². The van der Waals surface area contributed by atoms with Crippen LogP contribution >= 0.6 is 11.3 Å². The fourth-order valence-corrected chi connectivity index (χ4v) is 5.75. The molecule has 3 heterocycles. The first-order valence-electron chi connectivity index (χ1n) is 9.23. The number of aromatic nitrogens is 4. The Morgan fingerprint density at radius 1 is 1.17 bits per heavy atom. The average Bonchev–Trinajstić information content (AvgIpc) is 3.20. The highest BCUT2D eigenvalue weighted by molar-refractivity contribution is 7.19. The highest BCUT2D eigenvalue weighted by atomic mass is 32.1. The molecule has 1 fully saturated rings. The minimum absolute atomic E-state index is 0.518. The smallest absolute Gasteiger partial charge is 0.227 e. The van der Waals surface area contributed by atoms with E-state index < -0.39 is 0 Å². The molecule has 6 heteroatoms. The van der Waals surface area contributed by atoms with Gasteiger partial charge >= 0.3 is 0 Å². The zero-order chi connectivity index (χ0) is 16.1. The second kappa shape index (κ2) is 5.69. The lowest BCUT2D eigenvalue weighted by Crippen LogP contribution is -2.24. The summed E-state index contributed by atoms with van der Waals surface area (Å²) in [7, 11) is 0. The largest absolute Gasteiger partial charge is 0.351 e. The first kappa shape index (κ1) is 14.6. The predicted molar refractivity (Wildman–Crippen MR) is 98.0 cm³/mol. The van der Waals surface area contributed by atoms with Crippen LogP contribution in [-0.2, 0) is 6.42 Å². The van der Waals surface area contributed by atoms with Crippen LogP contribution in [0.5, 0.6) is 0 Å². The topological polar surface area (TPSA) is 55.1 Å². The van der Waals surface area contributed by atoms with Gasteiger partial charge in [0.1, 0.15) is 11.2 Å². The molecule has 3 aromatic rings. The van der Waals surface area contributed by atoms with E-state index in [1.807, 2.05) is 15.9 Å².